The second-order valence-electron chi connectivity index (χ2n) is 9.75. The van der Waals surface area contributed by atoms with Crippen molar-refractivity contribution in [2.45, 2.75) is 63.3 Å². The molecule has 31 heavy (non-hydrogen) atoms. The van der Waals surface area contributed by atoms with Gasteiger partial charge in [0, 0.05) is 57.3 Å². The van der Waals surface area contributed by atoms with E-state index < -0.39 is 6.10 Å². The Kier molecular flexibility index (Phi) is 5.89. The number of piperidine rings is 2. The van der Waals surface area contributed by atoms with Crippen LogP contribution in [0.2, 0.25) is 0 Å². The summed E-state index contributed by atoms with van der Waals surface area (Å²) in [4.78, 5) is 31.5. The van der Waals surface area contributed by atoms with Crippen LogP contribution in [0.1, 0.15) is 43.2 Å². The summed E-state index contributed by atoms with van der Waals surface area (Å²) in [5.41, 5.74) is 2.72. The molecule has 7 heteroatoms. The van der Waals surface area contributed by atoms with E-state index in [2.05, 4.69) is 39.4 Å². The number of benzene rings is 1. The number of fused-ring (bicyclic) bond motifs is 3. The van der Waals surface area contributed by atoms with E-state index in [4.69, 9.17) is 0 Å². The quantitative estimate of drug-likeness (QED) is 0.750. The fourth-order valence-electron chi connectivity index (χ4n) is 6.06. The summed E-state index contributed by atoms with van der Waals surface area (Å²) in [6, 6.07) is 8.89. The molecule has 168 valence electrons. The molecule has 4 aliphatic rings. The van der Waals surface area contributed by atoms with Crippen LogP contribution in [0, 0.1) is 5.92 Å². The minimum absolute atomic E-state index is 0.121. The summed E-state index contributed by atoms with van der Waals surface area (Å²) >= 11 is 0. The molecule has 1 aromatic carbocycles. The van der Waals surface area contributed by atoms with Gasteiger partial charge in [0.1, 0.15) is 0 Å². The van der Waals surface area contributed by atoms with E-state index >= 15 is 0 Å². The van der Waals surface area contributed by atoms with Gasteiger partial charge < -0.3 is 20.2 Å². The zero-order valence-electron chi connectivity index (χ0n) is 18.2. The minimum Gasteiger partial charge on any atom is -0.390 e. The average Bonchev–Trinajstić information content (AvgIpc) is 3.39. The number of carbonyl (C=O) groups is 2. The number of likely N-dealkylation sites (tertiary alicyclic amines) is 2. The lowest BCUT2D eigenvalue weighted by Gasteiger charge is -2.41. The highest BCUT2D eigenvalue weighted by Gasteiger charge is 2.48. The third-order valence-electron chi connectivity index (χ3n) is 7.65. The zero-order chi connectivity index (χ0) is 21.4. The lowest BCUT2D eigenvalue weighted by atomic mass is 10.00. The van der Waals surface area contributed by atoms with Crippen molar-refractivity contribution in [2.24, 2.45) is 5.92 Å². The maximum Gasteiger partial charge on any atom is 0.317 e. The van der Waals surface area contributed by atoms with E-state index in [1.165, 1.54) is 11.1 Å². The maximum atomic E-state index is 12.7. The van der Waals surface area contributed by atoms with Crippen LogP contribution in [0.3, 0.4) is 0 Å². The first kappa shape index (κ1) is 20.8. The molecule has 2 saturated heterocycles. The Bertz CT molecular complexity index is 831. The smallest absolute Gasteiger partial charge is 0.317 e. The van der Waals surface area contributed by atoms with E-state index in [9.17, 15) is 14.7 Å². The van der Waals surface area contributed by atoms with E-state index in [0.29, 0.717) is 25.0 Å². The molecule has 5 rings (SSSR count). The molecule has 1 saturated carbocycles. The highest BCUT2D eigenvalue weighted by atomic mass is 16.3. The summed E-state index contributed by atoms with van der Waals surface area (Å²) in [5.74, 6) is 0.535. The molecule has 4 atom stereocenters. The number of amides is 3. The van der Waals surface area contributed by atoms with Gasteiger partial charge in [-0.2, -0.15) is 0 Å². The number of aliphatic hydroxyl groups is 1. The minimum atomic E-state index is -0.592. The van der Waals surface area contributed by atoms with Crippen molar-refractivity contribution >= 4 is 11.9 Å². The standard InChI is InChI=1S/C24H34N4O3/c29-22(16-26-11-9-17-4-1-2-5-19(17)14-26)13-25-24(31)27-10-3-6-21(15-27)28-20-8-7-18(12-20)23(28)30/h1-2,4-5,18,20-22,29H,3,6-16H2,(H,25,31)/t18?,20?,21-,22+/m1/s1. The Morgan fingerprint density at radius 2 is 1.97 bits per heavy atom. The lowest BCUT2D eigenvalue weighted by molar-refractivity contribution is -0.137. The molecule has 3 aliphatic heterocycles. The third kappa shape index (κ3) is 4.30. The third-order valence-corrected chi connectivity index (χ3v) is 7.65. The van der Waals surface area contributed by atoms with Gasteiger partial charge in [-0.1, -0.05) is 24.3 Å². The second kappa shape index (κ2) is 8.79. The van der Waals surface area contributed by atoms with Crippen LogP contribution < -0.4 is 5.32 Å². The molecule has 3 fully saturated rings. The van der Waals surface area contributed by atoms with Crippen molar-refractivity contribution in [2.75, 3.05) is 32.7 Å². The van der Waals surface area contributed by atoms with Gasteiger partial charge in [0.2, 0.25) is 5.91 Å². The number of carbonyl (C=O) groups excluding carboxylic acids is 2. The number of rotatable bonds is 5. The molecule has 2 unspecified atom stereocenters. The van der Waals surface area contributed by atoms with Crippen molar-refractivity contribution in [3.8, 4) is 0 Å². The van der Waals surface area contributed by atoms with Crippen LogP contribution in [0.15, 0.2) is 24.3 Å². The van der Waals surface area contributed by atoms with Gasteiger partial charge in [-0.15, -0.1) is 0 Å². The highest BCUT2D eigenvalue weighted by molar-refractivity contribution is 5.83. The molecule has 0 radical (unpaired) electrons. The summed E-state index contributed by atoms with van der Waals surface area (Å²) in [6.45, 7) is 3.92. The van der Waals surface area contributed by atoms with Crippen LogP contribution in [-0.4, -0.2) is 82.7 Å². The number of aliphatic hydroxyl groups excluding tert-OH is 1. The van der Waals surface area contributed by atoms with Gasteiger partial charge in [0.05, 0.1) is 6.10 Å². The Morgan fingerprint density at radius 1 is 1.13 bits per heavy atom. The number of β-amino-alcohol motifs (C(OH)–C–C–N with tert-alkyl or cyclic N) is 1. The maximum absolute atomic E-state index is 12.7. The average molecular weight is 427 g/mol. The molecular weight excluding hydrogens is 392 g/mol. The first-order valence-electron chi connectivity index (χ1n) is 11.9. The van der Waals surface area contributed by atoms with Crippen molar-refractivity contribution in [3.05, 3.63) is 35.4 Å². The molecule has 3 heterocycles. The van der Waals surface area contributed by atoms with Crippen LogP contribution >= 0.6 is 0 Å². The fraction of sp³-hybridized carbons (Fsp3) is 0.667. The number of urea groups is 1. The summed E-state index contributed by atoms with van der Waals surface area (Å²) in [7, 11) is 0. The molecule has 0 aromatic heterocycles. The zero-order valence-corrected chi connectivity index (χ0v) is 18.2. The molecule has 2 bridgehead atoms. The van der Waals surface area contributed by atoms with Crippen molar-refractivity contribution in [3.63, 3.8) is 0 Å². The SMILES string of the molecule is O=C(NC[C@H](O)CN1CCc2ccccc2C1)N1CCC[C@@H](N2C(=O)C3CCC2C3)C1. The summed E-state index contributed by atoms with van der Waals surface area (Å²) < 4.78 is 0. The first-order valence-corrected chi connectivity index (χ1v) is 11.9. The molecular formula is C24H34N4O3. The van der Waals surface area contributed by atoms with E-state index in [0.717, 1.165) is 58.2 Å². The Labute approximate surface area is 184 Å². The molecule has 7 nitrogen and oxygen atoms in total. The monoisotopic (exact) mass is 426 g/mol. The Morgan fingerprint density at radius 3 is 2.77 bits per heavy atom. The first-order chi connectivity index (χ1) is 15.1. The molecule has 3 amide bonds. The lowest BCUT2D eigenvalue weighted by Crippen LogP contribution is -2.56. The molecule has 1 aliphatic carbocycles. The number of hydrogen-bond acceptors (Lipinski definition) is 4. The van der Waals surface area contributed by atoms with Gasteiger partial charge in [0.25, 0.3) is 0 Å². The largest absolute Gasteiger partial charge is 0.390 e. The molecule has 2 N–H and O–H groups in total. The van der Waals surface area contributed by atoms with Gasteiger partial charge >= 0.3 is 6.03 Å². The molecule has 1 aromatic rings. The number of nitrogens with zero attached hydrogens (tertiary/aromatic N) is 3. The van der Waals surface area contributed by atoms with Crippen molar-refractivity contribution in [1.29, 1.82) is 0 Å². The predicted octanol–water partition coefficient (Wildman–Crippen LogP) is 1.59. The highest BCUT2D eigenvalue weighted by Crippen LogP contribution is 2.40. The van der Waals surface area contributed by atoms with E-state index in [-0.39, 0.29) is 24.5 Å². The second-order valence-corrected chi connectivity index (χ2v) is 9.75. The fourth-order valence-corrected chi connectivity index (χ4v) is 6.06. The van der Waals surface area contributed by atoms with E-state index in [1.807, 2.05) is 4.90 Å². The van der Waals surface area contributed by atoms with Crippen molar-refractivity contribution in [1.82, 2.24) is 20.0 Å². The van der Waals surface area contributed by atoms with Crippen molar-refractivity contribution < 1.29 is 14.7 Å². The van der Waals surface area contributed by atoms with Crippen LogP contribution in [0.5, 0.6) is 0 Å². The van der Waals surface area contributed by atoms with Gasteiger partial charge in [-0.3, -0.25) is 9.69 Å². The Hall–Kier alpha value is -2.12. The summed E-state index contributed by atoms with van der Waals surface area (Å²) in [6.07, 6.45) is 5.48. The van der Waals surface area contributed by atoms with Crippen LogP contribution in [0.25, 0.3) is 0 Å². The normalized spacial score (nSPS) is 29.2. The Balaban J connectivity index is 1.08. The van der Waals surface area contributed by atoms with Gasteiger partial charge in [-0.25, -0.2) is 4.79 Å². The number of hydrogen-bond donors (Lipinski definition) is 2. The molecule has 0 spiro atoms. The van der Waals surface area contributed by atoms with Gasteiger partial charge in [0.15, 0.2) is 0 Å². The predicted molar refractivity (Wildman–Crippen MR) is 117 cm³/mol. The van der Waals surface area contributed by atoms with E-state index in [1.54, 1.807) is 0 Å². The van der Waals surface area contributed by atoms with Gasteiger partial charge in [-0.05, 0) is 49.7 Å². The van der Waals surface area contributed by atoms with Crippen LogP contribution in [-0.2, 0) is 17.8 Å². The summed E-state index contributed by atoms with van der Waals surface area (Å²) in [5, 5.41) is 13.4. The van der Waals surface area contributed by atoms with Crippen LogP contribution in [0.4, 0.5) is 4.79 Å². The topological polar surface area (TPSA) is 76.1 Å². The number of nitrogens with one attached hydrogen (secondary N) is 1.